The van der Waals surface area contributed by atoms with Crippen molar-refractivity contribution < 1.29 is 23.9 Å². The molecule has 3 atom stereocenters. The van der Waals surface area contributed by atoms with Gasteiger partial charge in [0.05, 0.1) is 31.7 Å². The number of hydrogen-bond acceptors (Lipinski definition) is 5. The van der Waals surface area contributed by atoms with Crippen LogP contribution in [-0.2, 0) is 14.4 Å². The van der Waals surface area contributed by atoms with Gasteiger partial charge in [-0.25, -0.2) is 0 Å². The number of methoxy groups -OCH3 is 2. The normalized spacial score (nSPS) is 24.3. The van der Waals surface area contributed by atoms with Crippen LogP contribution in [0, 0.1) is 11.8 Å². The van der Waals surface area contributed by atoms with Gasteiger partial charge >= 0.3 is 0 Å². The molecule has 1 heterocycles. The van der Waals surface area contributed by atoms with E-state index in [1.807, 2.05) is 6.07 Å². The molecule has 4 rings (SSSR count). The van der Waals surface area contributed by atoms with E-state index in [-0.39, 0.29) is 30.4 Å². The molecule has 1 aliphatic carbocycles. The Morgan fingerprint density at radius 2 is 1.57 bits per heavy atom. The quantitative estimate of drug-likeness (QED) is 0.764. The number of hydrogen-bond donors (Lipinski definition) is 0. The average molecular weight is 379 g/mol. The second-order valence-corrected chi connectivity index (χ2v) is 7.14. The van der Waals surface area contributed by atoms with E-state index in [9.17, 15) is 14.4 Å². The summed E-state index contributed by atoms with van der Waals surface area (Å²) in [6.07, 6.45) is 0.299. The fourth-order valence-electron chi connectivity index (χ4n) is 4.38. The SMILES string of the molecule is COc1ccc(OC)c([C@H]2CC(=O)C[C@H]3C(=O)N(c4ccccc4)C(=O)[C@@H]23)c1. The summed E-state index contributed by atoms with van der Waals surface area (Å²) in [5, 5.41) is 0. The van der Waals surface area contributed by atoms with Crippen molar-refractivity contribution in [2.45, 2.75) is 18.8 Å². The maximum Gasteiger partial charge on any atom is 0.238 e. The van der Waals surface area contributed by atoms with Crippen LogP contribution < -0.4 is 14.4 Å². The van der Waals surface area contributed by atoms with Crippen LogP contribution in [0.1, 0.15) is 24.3 Å². The second-order valence-electron chi connectivity index (χ2n) is 7.14. The lowest BCUT2D eigenvalue weighted by atomic mass is 9.70. The number of carbonyl (C=O) groups is 3. The summed E-state index contributed by atoms with van der Waals surface area (Å²) >= 11 is 0. The number of nitrogens with zero attached hydrogens (tertiary/aromatic N) is 1. The molecule has 1 saturated heterocycles. The molecule has 1 saturated carbocycles. The van der Waals surface area contributed by atoms with Gasteiger partial charge in [0.15, 0.2) is 0 Å². The molecule has 0 radical (unpaired) electrons. The van der Waals surface area contributed by atoms with Gasteiger partial charge in [0.1, 0.15) is 17.3 Å². The van der Waals surface area contributed by atoms with Crippen molar-refractivity contribution in [3.63, 3.8) is 0 Å². The molecule has 0 unspecified atom stereocenters. The van der Waals surface area contributed by atoms with E-state index in [1.165, 1.54) is 4.90 Å². The number of Topliss-reactive ketones (excluding diaryl/α,β-unsaturated/α-hetero) is 1. The van der Waals surface area contributed by atoms with Gasteiger partial charge in [-0.3, -0.25) is 19.3 Å². The zero-order valence-electron chi connectivity index (χ0n) is 15.8. The van der Waals surface area contributed by atoms with Gasteiger partial charge in [-0.2, -0.15) is 0 Å². The van der Waals surface area contributed by atoms with Crippen LogP contribution in [0.5, 0.6) is 11.5 Å². The molecule has 144 valence electrons. The number of rotatable bonds is 4. The largest absolute Gasteiger partial charge is 0.497 e. The molecule has 2 amide bonds. The smallest absolute Gasteiger partial charge is 0.238 e. The summed E-state index contributed by atoms with van der Waals surface area (Å²) in [7, 11) is 3.10. The van der Waals surface area contributed by atoms with Gasteiger partial charge in [-0.15, -0.1) is 0 Å². The average Bonchev–Trinajstić information content (AvgIpc) is 2.97. The van der Waals surface area contributed by atoms with Crippen LogP contribution in [-0.4, -0.2) is 31.8 Å². The number of ether oxygens (including phenoxy) is 2. The molecule has 0 aromatic heterocycles. The summed E-state index contributed by atoms with van der Waals surface area (Å²) in [6, 6.07) is 14.2. The predicted octanol–water partition coefficient (Wildman–Crippen LogP) is 2.96. The Morgan fingerprint density at radius 3 is 2.25 bits per heavy atom. The first kappa shape index (κ1) is 18.2. The van der Waals surface area contributed by atoms with Crippen molar-refractivity contribution in [3.05, 3.63) is 54.1 Å². The summed E-state index contributed by atoms with van der Waals surface area (Å²) in [5.41, 5.74) is 1.26. The highest BCUT2D eigenvalue weighted by atomic mass is 16.5. The first-order valence-electron chi connectivity index (χ1n) is 9.21. The third-order valence-electron chi connectivity index (χ3n) is 5.66. The Hall–Kier alpha value is -3.15. The molecule has 28 heavy (non-hydrogen) atoms. The van der Waals surface area contributed by atoms with Crippen LogP contribution in [0.4, 0.5) is 5.69 Å². The molecule has 6 heteroatoms. The fourth-order valence-corrected chi connectivity index (χ4v) is 4.38. The van der Waals surface area contributed by atoms with Crippen LogP contribution in [0.25, 0.3) is 0 Å². The molecule has 0 bridgehead atoms. The topological polar surface area (TPSA) is 72.9 Å². The summed E-state index contributed by atoms with van der Waals surface area (Å²) < 4.78 is 10.8. The highest BCUT2D eigenvalue weighted by Gasteiger charge is 2.55. The first-order valence-corrected chi connectivity index (χ1v) is 9.21. The van der Waals surface area contributed by atoms with E-state index in [4.69, 9.17) is 9.47 Å². The molecule has 1 aliphatic heterocycles. The zero-order chi connectivity index (χ0) is 19.8. The molecule has 6 nitrogen and oxygen atoms in total. The highest BCUT2D eigenvalue weighted by Crippen LogP contribution is 2.49. The van der Waals surface area contributed by atoms with Crippen LogP contribution in [0.15, 0.2) is 48.5 Å². The van der Waals surface area contributed by atoms with Gasteiger partial charge in [-0.1, -0.05) is 18.2 Å². The Balaban J connectivity index is 1.79. The number of amides is 2. The van der Waals surface area contributed by atoms with Crippen molar-refractivity contribution in [1.29, 1.82) is 0 Å². The summed E-state index contributed by atoms with van der Waals surface area (Å²) in [6.45, 7) is 0. The van der Waals surface area contributed by atoms with Crippen molar-refractivity contribution in [2.24, 2.45) is 11.8 Å². The minimum atomic E-state index is -0.644. The molecule has 2 aromatic rings. The predicted molar refractivity (Wildman–Crippen MR) is 102 cm³/mol. The number of benzene rings is 2. The van der Waals surface area contributed by atoms with Crippen molar-refractivity contribution >= 4 is 23.3 Å². The number of ketones is 1. The number of anilines is 1. The third kappa shape index (κ3) is 2.85. The zero-order valence-corrected chi connectivity index (χ0v) is 15.8. The standard InChI is InChI=1S/C22H21NO5/c1-27-15-8-9-19(28-2)16(12-15)17-10-14(24)11-18-20(17)22(26)23(21(18)25)13-6-4-3-5-7-13/h3-9,12,17-18,20H,10-11H2,1-2H3/t17-,18-,20+/m1/s1. The van der Waals surface area contributed by atoms with Crippen LogP contribution in [0.2, 0.25) is 0 Å². The molecule has 2 aliphatic rings. The molecule has 2 fully saturated rings. The second kappa shape index (κ2) is 7.11. The van der Waals surface area contributed by atoms with Crippen LogP contribution >= 0.6 is 0 Å². The van der Waals surface area contributed by atoms with E-state index in [0.29, 0.717) is 17.2 Å². The van der Waals surface area contributed by atoms with Crippen LogP contribution in [0.3, 0.4) is 0 Å². The Labute approximate surface area is 163 Å². The van der Waals surface area contributed by atoms with E-state index < -0.39 is 17.8 Å². The van der Waals surface area contributed by atoms with E-state index in [0.717, 1.165) is 5.56 Å². The lowest BCUT2D eigenvalue weighted by molar-refractivity contribution is -0.130. The summed E-state index contributed by atoms with van der Waals surface area (Å²) in [5.74, 6) is -1.06. The van der Waals surface area contributed by atoms with Crippen molar-refractivity contribution in [1.82, 2.24) is 0 Å². The highest BCUT2D eigenvalue weighted by molar-refractivity contribution is 6.23. The molecule has 0 N–H and O–H groups in total. The van der Waals surface area contributed by atoms with Gasteiger partial charge in [0.2, 0.25) is 11.8 Å². The van der Waals surface area contributed by atoms with E-state index in [2.05, 4.69) is 0 Å². The third-order valence-corrected chi connectivity index (χ3v) is 5.66. The number of para-hydroxylation sites is 1. The van der Waals surface area contributed by atoms with Gasteiger partial charge in [0, 0.05) is 24.3 Å². The Morgan fingerprint density at radius 1 is 0.857 bits per heavy atom. The maximum absolute atomic E-state index is 13.3. The van der Waals surface area contributed by atoms with E-state index in [1.54, 1.807) is 56.7 Å². The van der Waals surface area contributed by atoms with E-state index >= 15 is 0 Å². The monoisotopic (exact) mass is 379 g/mol. The number of fused-ring (bicyclic) bond motifs is 1. The minimum absolute atomic E-state index is 0.0211. The molecule has 0 spiro atoms. The molecule has 2 aromatic carbocycles. The minimum Gasteiger partial charge on any atom is -0.497 e. The Kier molecular flexibility index (Phi) is 4.63. The lowest BCUT2D eigenvalue weighted by Gasteiger charge is -2.31. The Bertz CT molecular complexity index is 939. The maximum atomic E-state index is 13.3. The lowest BCUT2D eigenvalue weighted by Crippen LogP contribution is -2.34. The van der Waals surface area contributed by atoms with Gasteiger partial charge in [-0.05, 0) is 30.3 Å². The number of imide groups is 1. The first-order chi connectivity index (χ1) is 13.5. The summed E-state index contributed by atoms with van der Waals surface area (Å²) in [4.78, 5) is 40.1. The fraction of sp³-hybridized carbons (Fsp3) is 0.318. The molecular weight excluding hydrogens is 358 g/mol. The van der Waals surface area contributed by atoms with Crippen molar-refractivity contribution in [2.75, 3.05) is 19.1 Å². The number of carbonyl (C=O) groups excluding carboxylic acids is 3. The molecular formula is C22H21NO5. The van der Waals surface area contributed by atoms with Gasteiger partial charge in [0.25, 0.3) is 0 Å². The van der Waals surface area contributed by atoms with Gasteiger partial charge < -0.3 is 9.47 Å². The van der Waals surface area contributed by atoms with Crippen molar-refractivity contribution in [3.8, 4) is 11.5 Å².